The molecular weight excluding hydrogens is 382 g/mol. The number of rotatable bonds is 6. The summed E-state index contributed by atoms with van der Waals surface area (Å²) in [6.07, 6.45) is 0.819. The lowest BCUT2D eigenvalue weighted by molar-refractivity contribution is 0.324. The van der Waals surface area contributed by atoms with Crippen molar-refractivity contribution in [1.29, 1.82) is 0 Å². The second-order valence-corrected chi connectivity index (χ2v) is 9.53. The summed E-state index contributed by atoms with van der Waals surface area (Å²) in [5, 5.41) is 1.70. The number of hydrogen-bond acceptors (Lipinski definition) is 4. The molecule has 152 valence electrons. The number of hydrogen-bond donors (Lipinski definition) is 1. The summed E-state index contributed by atoms with van der Waals surface area (Å²) in [5.41, 5.74) is 2.26. The van der Waals surface area contributed by atoms with E-state index in [9.17, 15) is 8.42 Å². The van der Waals surface area contributed by atoms with Gasteiger partial charge in [-0.1, -0.05) is 54.6 Å². The smallest absolute Gasteiger partial charge is 0.241 e. The molecule has 0 aliphatic carbocycles. The molecule has 0 saturated carbocycles. The van der Waals surface area contributed by atoms with Crippen molar-refractivity contribution >= 4 is 26.5 Å². The van der Waals surface area contributed by atoms with Crippen molar-refractivity contribution in [1.82, 2.24) is 9.62 Å². The van der Waals surface area contributed by atoms with Crippen molar-refractivity contribution in [3.63, 3.8) is 0 Å². The highest BCUT2D eigenvalue weighted by molar-refractivity contribution is 7.89. The van der Waals surface area contributed by atoms with Crippen LogP contribution in [0.15, 0.2) is 71.6 Å². The van der Waals surface area contributed by atoms with E-state index in [0.717, 1.165) is 42.5 Å². The Morgan fingerprint density at radius 3 is 2.45 bits per heavy atom. The Kier molecular flexibility index (Phi) is 5.58. The second kappa shape index (κ2) is 8.14. The first-order valence-electron chi connectivity index (χ1n) is 9.92. The van der Waals surface area contributed by atoms with Gasteiger partial charge in [0.2, 0.25) is 10.0 Å². The third kappa shape index (κ3) is 4.29. The zero-order chi connectivity index (χ0) is 20.4. The maximum atomic E-state index is 13.2. The molecule has 3 aromatic carbocycles. The molecule has 6 heteroatoms. The summed E-state index contributed by atoms with van der Waals surface area (Å²) >= 11 is 0. The molecule has 1 N–H and O–H groups in total. The number of likely N-dealkylation sites (tertiary alicyclic amines) is 1. The molecule has 0 bridgehead atoms. The standard InChI is InChI=1S/C23H27N3O2S/c1-25(2)22-12-6-11-21-20(22)10-7-13-23(21)29(27,28)24-19-14-15-26(17-19)16-18-8-4-3-5-9-18/h3-13,19,24H,14-17H2,1-2H3/t19-/m0/s1. The Bertz CT molecular complexity index is 1100. The lowest BCUT2D eigenvalue weighted by Crippen LogP contribution is -2.37. The van der Waals surface area contributed by atoms with Crippen molar-refractivity contribution in [2.24, 2.45) is 0 Å². The van der Waals surface area contributed by atoms with Gasteiger partial charge in [-0.05, 0) is 24.1 Å². The summed E-state index contributed by atoms with van der Waals surface area (Å²) in [4.78, 5) is 4.65. The fourth-order valence-corrected chi connectivity index (χ4v) is 5.57. The average Bonchev–Trinajstić information content (AvgIpc) is 3.13. The van der Waals surface area contributed by atoms with Gasteiger partial charge in [0.1, 0.15) is 0 Å². The minimum Gasteiger partial charge on any atom is -0.377 e. The fourth-order valence-electron chi connectivity index (χ4n) is 4.09. The van der Waals surface area contributed by atoms with Crippen LogP contribution in [0.25, 0.3) is 10.8 Å². The molecule has 0 amide bonds. The van der Waals surface area contributed by atoms with E-state index in [-0.39, 0.29) is 6.04 Å². The van der Waals surface area contributed by atoms with Crippen LogP contribution in [0.3, 0.4) is 0 Å². The third-order valence-corrected chi connectivity index (χ3v) is 7.05. The minimum absolute atomic E-state index is 0.0731. The SMILES string of the molecule is CN(C)c1cccc2c(S(=O)(=O)N[C@H]3CCN(Cc4ccccc4)C3)cccc12. The first-order chi connectivity index (χ1) is 13.9. The van der Waals surface area contributed by atoms with Gasteiger partial charge in [-0.2, -0.15) is 0 Å². The lowest BCUT2D eigenvalue weighted by Gasteiger charge is -2.19. The van der Waals surface area contributed by atoms with Gasteiger partial charge in [0.25, 0.3) is 0 Å². The molecule has 0 radical (unpaired) electrons. The molecule has 1 saturated heterocycles. The lowest BCUT2D eigenvalue weighted by atomic mass is 10.1. The van der Waals surface area contributed by atoms with Crippen LogP contribution < -0.4 is 9.62 Å². The molecule has 1 heterocycles. The molecule has 3 aromatic rings. The summed E-state index contributed by atoms with van der Waals surface area (Å²) in [6, 6.07) is 21.5. The molecule has 5 nitrogen and oxygen atoms in total. The topological polar surface area (TPSA) is 52.7 Å². The second-order valence-electron chi connectivity index (χ2n) is 7.85. The van der Waals surface area contributed by atoms with E-state index in [0.29, 0.717) is 4.90 Å². The normalized spacial score (nSPS) is 17.7. The van der Waals surface area contributed by atoms with Crippen molar-refractivity contribution in [2.45, 2.75) is 23.9 Å². The molecule has 1 atom stereocenters. The predicted molar refractivity (Wildman–Crippen MR) is 119 cm³/mol. The maximum Gasteiger partial charge on any atom is 0.241 e. The van der Waals surface area contributed by atoms with Crippen molar-refractivity contribution < 1.29 is 8.42 Å². The van der Waals surface area contributed by atoms with E-state index in [1.165, 1.54) is 5.56 Å². The monoisotopic (exact) mass is 409 g/mol. The van der Waals surface area contributed by atoms with Crippen LogP contribution in [0.1, 0.15) is 12.0 Å². The van der Waals surface area contributed by atoms with Crippen molar-refractivity contribution in [3.8, 4) is 0 Å². The zero-order valence-electron chi connectivity index (χ0n) is 16.9. The van der Waals surface area contributed by atoms with Crippen LogP contribution in [-0.2, 0) is 16.6 Å². The quantitative estimate of drug-likeness (QED) is 0.677. The Hall–Kier alpha value is -2.41. The minimum atomic E-state index is -3.60. The van der Waals surface area contributed by atoms with E-state index < -0.39 is 10.0 Å². The maximum absolute atomic E-state index is 13.2. The molecule has 1 aliphatic heterocycles. The van der Waals surface area contributed by atoms with Gasteiger partial charge in [-0.3, -0.25) is 4.90 Å². The molecule has 0 unspecified atom stereocenters. The number of sulfonamides is 1. The van der Waals surface area contributed by atoms with E-state index in [1.807, 2.05) is 67.5 Å². The Morgan fingerprint density at radius 2 is 1.69 bits per heavy atom. The summed E-state index contributed by atoms with van der Waals surface area (Å²) in [6.45, 7) is 2.46. The molecule has 4 rings (SSSR count). The Morgan fingerprint density at radius 1 is 0.966 bits per heavy atom. The van der Waals surface area contributed by atoms with Gasteiger partial charge >= 0.3 is 0 Å². The summed E-state index contributed by atoms with van der Waals surface area (Å²) in [7, 11) is 0.328. The van der Waals surface area contributed by atoms with Crippen LogP contribution in [-0.4, -0.2) is 46.5 Å². The number of nitrogens with zero attached hydrogens (tertiary/aromatic N) is 2. The molecular formula is C23H27N3O2S. The van der Waals surface area contributed by atoms with Gasteiger partial charge in [0.15, 0.2) is 0 Å². The first-order valence-corrected chi connectivity index (χ1v) is 11.4. The number of nitrogens with one attached hydrogen (secondary N) is 1. The zero-order valence-corrected chi connectivity index (χ0v) is 17.7. The largest absolute Gasteiger partial charge is 0.377 e. The van der Waals surface area contributed by atoms with Crippen LogP contribution in [0.5, 0.6) is 0 Å². The molecule has 1 fully saturated rings. The van der Waals surface area contributed by atoms with Gasteiger partial charge in [-0.25, -0.2) is 13.1 Å². The number of benzene rings is 3. The van der Waals surface area contributed by atoms with Crippen LogP contribution in [0.4, 0.5) is 5.69 Å². The van der Waals surface area contributed by atoms with Gasteiger partial charge in [-0.15, -0.1) is 0 Å². The van der Waals surface area contributed by atoms with Gasteiger partial charge in [0, 0.05) is 56.2 Å². The van der Waals surface area contributed by atoms with Gasteiger partial charge < -0.3 is 4.90 Å². The molecule has 1 aliphatic rings. The van der Waals surface area contributed by atoms with Crippen molar-refractivity contribution in [3.05, 3.63) is 72.3 Å². The predicted octanol–water partition coefficient (Wildman–Crippen LogP) is 3.46. The molecule has 0 aromatic heterocycles. The average molecular weight is 410 g/mol. The summed E-state index contributed by atoms with van der Waals surface area (Å²) in [5.74, 6) is 0. The highest BCUT2D eigenvalue weighted by Crippen LogP contribution is 2.30. The number of fused-ring (bicyclic) bond motifs is 1. The highest BCUT2D eigenvalue weighted by atomic mass is 32.2. The molecule has 0 spiro atoms. The van der Waals surface area contributed by atoms with E-state index in [2.05, 4.69) is 21.8 Å². The molecule has 29 heavy (non-hydrogen) atoms. The Balaban J connectivity index is 1.53. The fraction of sp³-hybridized carbons (Fsp3) is 0.304. The third-order valence-electron chi connectivity index (χ3n) is 5.47. The van der Waals surface area contributed by atoms with Gasteiger partial charge in [0.05, 0.1) is 4.90 Å². The number of anilines is 1. The van der Waals surface area contributed by atoms with Crippen molar-refractivity contribution in [2.75, 3.05) is 32.1 Å². The highest BCUT2D eigenvalue weighted by Gasteiger charge is 2.28. The summed E-state index contributed by atoms with van der Waals surface area (Å²) < 4.78 is 29.4. The van der Waals surface area contributed by atoms with Crippen LogP contribution >= 0.6 is 0 Å². The Labute approximate surface area is 173 Å². The van der Waals surface area contributed by atoms with E-state index in [4.69, 9.17) is 0 Å². The first kappa shape index (κ1) is 19.9. The van der Waals surface area contributed by atoms with E-state index in [1.54, 1.807) is 6.07 Å². The van der Waals surface area contributed by atoms with Crippen LogP contribution in [0, 0.1) is 0 Å². The van der Waals surface area contributed by atoms with E-state index >= 15 is 0 Å². The van der Waals surface area contributed by atoms with Crippen LogP contribution in [0.2, 0.25) is 0 Å².